The van der Waals surface area contributed by atoms with Crippen molar-refractivity contribution < 1.29 is 34.2 Å². The highest BCUT2D eigenvalue weighted by atomic mass is 16.4. The summed E-state index contributed by atoms with van der Waals surface area (Å²) in [5.74, 6) is -4.90. The maximum atomic E-state index is 12.5. The van der Waals surface area contributed by atoms with E-state index in [4.69, 9.17) is 15.9 Å². The van der Waals surface area contributed by atoms with Crippen molar-refractivity contribution >= 4 is 29.7 Å². The fourth-order valence-electron chi connectivity index (χ4n) is 2.28. The van der Waals surface area contributed by atoms with Crippen LogP contribution in [-0.4, -0.2) is 64.0 Å². The van der Waals surface area contributed by atoms with E-state index in [0.29, 0.717) is 0 Å². The molecule has 0 aliphatic heterocycles. The van der Waals surface area contributed by atoms with Gasteiger partial charge in [0.2, 0.25) is 17.7 Å². The molecule has 29 heavy (non-hydrogen) atoms. The van der Waals surface area contributed by atoms with Crippen molar-refractivity contribution in [2.45, 2.75) is 71.6 Å². The maximum absolute atomic E-state index is 12.5. The van der Waals surface area contributed by atoms with E-state index in [1.54, 1.807) is 27.7 Å². The van der Waals surface area contributed by atoms with Gasteiger partial charge in [0.15, 0.2) is 0 Å². The quantitative estimate of drug-likeness (QED) is 0.235. The van der Waals surface area contributed by atoms with E-state index in [9.17, 15) is 24.0 Å². The Morgan fingerprint density at radius 1 is 0.793 bits per heavy atom. The second-order valence-electron chi connectivity index (χ2n) is 7.56. The number of aliphatic carboxylic acids is 2. The lowest BCUT2D eigenvalue weighted by molar-refractivity contribution is -0.143. The fraction of sp³-hybridized carbons (Fsp3) is 0.722. The number of nitrogens with two attached hydrogens (primary N) is 1. The summed E-state index contributed by atoms with van der Waals surface area (Å²) < 4.78 is 0. The normalized spacial score (nSPS) is 15.2. The van der Waals surface area contributed by atoms with Crippen LogP contribution in [0.15, 0.2) is 0 Å². The number of hydrogen-bond acceptors (Lipinski definition) is 6. The zero-order valence-electron chi connectivity index (χ0n) is 17.4. The van der Waals surface area contributed by atoms with E-state index < -0.39 is 60.2 Å². The van der Waals surface area contributed by atoms with Crippen molar-refractivity contribution in [2.75, 3.05) is 0 Å². The summed E-state index contributed by atoms with van der Waals surface area (Å²) in [7, 11) is 0. The molecule has 0 saturated heterocycles. The average Bonchev–Trinajstić information content (AvgIpc) is 2.60. The van der Waals surface area contributed by atoms with Crippen LogP contribution in [0.2, 0.25) is 0 Å². The minimum Gasteiger partial charge on any atom is -0.481 e. The van der Waals surface area contributed by atoms with Crippen LogP contribution < -0.4 is 21.7 Å². The molecule has 0 heterocycles. The van der Waals surface area contributed by atoms with Crippen LogP contribution in [0, 0.1) is 11.8 Å². The van der Waals surface area contributed by atoms with Gasteiger partial charge in [0.1, 0.15) is 18.1 Å². The van der Waals surface area contributed by atoms with Crippen LogP contribution in [0.1, 0.15) is 47.5 Å². The van der Waals surface area contributed by atoms with Crippen molar-refractivity contribution in [1.82, 2.24) is 16.0 Å². The third-order valence-corrected chi connectivity index (χ3v) is 4.28. The van der Waals surface area contributed by atoms with Gasteiger partial charge in [0, 0.05) is 6.42 Å². The van der Waals surface area contributed by atoms with Gasteiger partial charge in [-0.15, -0.1) is 0 Å². The molecule has 0 aromatic carbocycles. The van der Waals surface area contributed by atoms with E-state index in [2.05, 4.69) is 16.0 Å². The molecule has 11 nitrogen and oxygen atoms in total. The molecule has 166 valence electrons. The van der Waals surface area contributed by atoms with Crippen LogP contribution >= 0.6 is 0 Å². The number of nitrogens with one attached hydrogen (secondary N) is 3. The average molecular weight is 416 g/mol. The van der Waals surface area contributed by atoms with E-state index in [1.165, 1.54) is 6.92 Å². The Morgan fingerprint density at radius 2 is 1.34 bits per heavy atom. The highest BCUT2D eigenvalue weighted by Crippen LogP contribution is 2.06. The van der Waals surface area contributed by atoms with Gasteiger partial charge in [-0.3, -0.25) is 19.2 Å². The monoisotopic (exact) mass is 416 g/mol. The molecule has 0 aromatic heterocycles. The third kappa shape index (κ3) is 9.37. The molecular formula is C18H32N4O7. The lowest BCUT2D eigenvalue weighted by Gasteiger charge is -2.26. The molecule has 0 fully saturated rings. The SMILES string of the molecule is CC(C)[C@H](N)C(=O)N[C@H](C(=O)N[C@@H](C)C(=O)N[C@@H](CCC(=O)O)C(=O)O)C(C)C. The molecule has 0 aliphatic rings. The number of carboxylic acid groups (broad SMARTS) is 2. The molecule has 0 unspecified atom stereocenters. The van der Waals surface area contributed by atoms with Gasteiger partial charge in [0.05, 0.1) is 6.04 Å². The molecule has 11 heteroatoms. The molecule has 3 amide bonds. The van der Waals surface area contributed by atoms with Crippen LogP contribution in [0.25, 0.3) is 0 Å². The van der Waals surface area contributed by atoms with Gasteiger partial charge in [-0.1, -0.05) is 27.7 Å². The smallest absolute Gasteiger partial charge is 0.326 e. The highest BCUT2D eigenvalue weighted by molar-refractivity contribution is 5.94. The number of carboxylic acids is 2. The summed E-state index contributed by atoms with van der Waals surface area (Å²) in [4.78, 5) is 58.7. The Balaban J connectivity index is 4.99. The molecule has 0 spiro atoms. The second kappa shape index (κ2) is 12.0. The van der Waals surface area contributed by atoms with Crippen molar-refractivity contribution in [3.05, 3.63) is 0 Å². The highest BCUT2D eigenvalue weighted by Gasteiger charge is 2.30. The van der Waals surface area contributed by atoms with E-state index in [1.807, 2.05) is 0 Å². The molecule has 0 saturated carbocycles. The predicted octanol–water partition coefficient (Wildman–Crippen LogP) is -0.951. The first-order valence-corrected chi connectivity index (χ1v) is 9.39. The summed E-state index contributed by atoms with van der Waals surface area (Å²) >= 11 is 0. The van der Waals surface area contributed by atoms with Crippen LogP contribution in [-0.2, 0) is 24.0 Å². The van der Waals surface area contributed by atoms with Gasteiger partial charge < -0.3 is 31.9 Å². The largest absolute Gasteiger partial charge is 0.481 e. The maximum Gasteiger partial charge on any atom is 0.326 e. The summed E-state index contributed by atoms with van der Waals surface area (Å²) in [5, 5.41) is 24.9. The van der Waals surface area contributed by atoms with Crippen LogP contribution in [0.3, 0.4) is 0 Å². The standard InChI is InChI=1S/C18H32N4O7/c1-8(2)13(19)16(26)22-14(9(3)4)17(27)20-10(5)15(25)21-11(18(28)29)6-7-12(23)24/h8-11,13-14H,6-7,19H2,1-5H3,(H,20,27)(H,21,25)(H,22,26)(H,23,24)(H,28,29)/t10-,11-,13-,14-/m0/s1. The minimum absolute atomic E-state index is 0.130. The van der Waals surface area contributed by atoms with Gasteiger partial charge in [-0.25, -0.2) is 4.79 Å². The zero-order valence-corrected chi connectivity index (χ0v) is 17.4. The Morgan fingerprint density at radius 3 is 1.76 bits per heavy atom. The van der Waals surface area contributed by atoms with Gasteiger partial charge in [-0.2, -0.15) is 0 Å². The molecule has 0 radical (unpaired) electrons. The van der Waals surface area contributed by atoms with Crippen molar-refractivity contribution in [3.8, 4) is 0 Å². The Bertz CT molecular complexity index is 621. The molecule has 0 aromatic rings. The van der Waals surface area contributed by atoms with E-state index in [-0.39, 0.29) is 18.3 Å². The fourth-order valence-corrected chi connectivity index (χ4v) is 2.28. The molecule has 0 aliphatic carbocycles. The van der Waals surface area contributed by atoms with Gasteiger partial charge >= 0.3 is 11.9 Å². The topological polar surface area (TPSA) is 188 Å². The van der Waals surface area contributed by atoms with Crippen molar-refractivity contribution in [2.24, 2.45) is 17.6 Å². The molecule has 0 bridgehead atoms. The first-order valence-electron chi connectivity index (χ1n) is 9.39. The number of hydrogen-bond donors (Lipinski definition) is 6. The molecule has 0 rings (SSSR count). The summed E-state index contributed by atoms with van der Waals surface area (Å²) in [5.41, 5.74) is 5.79. The van der Waals surface area contributed by atoms with Gasteiger partial charge in [0.25, 0.3) is 0 Å². The Labute approximate surface area is 169 Å². The van der Waals surface area contributed by atoms with Crippen LogP contribution in [0.4, 0.5) is 0 Å². The lowest BCUT2D eigenvalue weighted by Crippen LogP contribution is -2.58. The summed E-state index contributed by atoms with van der Waals surface area (Å²) in [6.07, 6.45) is -0.732. The third-order valence-electron chi connectivity index (χ3n) is 4.28. The summed E-state index contributed by atoms with van der Waals surface area (Å²) in [6.45, 7) is 8.31. The van der Waals surface area contributed by atoms with Crippen molar-refractivity contribution in [1.29, 1.82) is 0 Å². The van der Waals surface area contributed by atoms with E-state index >= 15 is 0 Å². The summed E-state index contributed by atoms with van der Waals surface area (Å²) in [6, 6.07) is -4.24. The number of carbonyl (C=O) groups excluding carboxylic acids is 3. The second-order valence-corrected chi connectivity index (χ2v) is 7.56. The number of amides is 3. The number of rotatable bonds is 12. The number of carbonyl (C=O) groups is 5. The van der Waals surface area contributed by atoms with Gasteiger partial charge in [-0.05, 0) is 25.2 Å². The molecule has 7 N–H and O–H groups in total. The minimum atomic E-state index is -1.40. The zero-order chi connectivity index (χ0) is 22.9. The van der Waals surface area contributed by atoms with Crippen molar-refractivity contribution in [3.63, 3.8) is 0 Å². The first kappa shape index (κ1) is 26.3. The lowest BCUT2D eigenvalue weighted by atomic mass is 10.00. The molecular weight excluding hydrogens is 384 g/mol. The Kier molecular flexibility index (Phi) is 10.9. The first-order chi connectivity index (χ1) is 13.3. The molecule has 4 atom stereocenters. The predicted molar refractivity (Wildman–Crippen MR) is 104 cm³/mol. The van der Waals surface area contributed by atoms with E-state index in [0.717, 1.165) is 0 Å². The van der Waals surface area contributed by atoms with Crippen LogP contribution in [0.5, 0.6) is 0 Å². The Hall–Kier alpha value is -2.69.